The number of anilines is 2. The van der Waals surface area contributed by atoms with Gasteiger partial charge < -0.3 is 15.8 Å². The highest BCUT2D eigenvalue weighted by molar-refractivity contribution is 7.85. The molecule has 5 nitrogen and oxygen atoms in total. The van der Waals surface area contributed by atoms with E-state index in [1.54, 1.807) is 12.1 Å². The third kappa shape index (κ3) is 5.13. The van der Waals surface area contributed by atoms with Crippen LogP contribution in [-0.4, -0.2) is 34.3 Å². The molecule has 1 aliphatic heterocycles. The summed E-state index contributed by atoms with van der Waals surface area (Å²) in [6.45, 7) is 2.67. The van der Waals surface area contributed by atoms with Crippen LogP contribution in [-0.2, 0) is 20.3 Å². The Balaban J connectivity index is 1.76. The average molecular weight is 310 g/mol. The van der Waals surface area contributed by atoms with Crippen LogP contribution in [0.1, 0.15) is 24.8 Å². The van der Waals surface area contributed by atoms with Gasteiger partial charge in [-0.1, -0.05) is 6.07 Å². The quantitative estimate of drug-likeness (QED) is 0.786. The molecular formula is C15H22N2O3S. The number of hydrogen-bond acceptors (Lipinski definition) is 4. The van der Waals surface area contributed by atoms with Crippen molar-refractivity contribution in [2.45, 2.75) is 32.3 Å². The van der Waals surface area contributed by atoms with Gasteiger partial charge in [0.1, 0.15) is 0 Å². The summed E-state index contributed by atoms with van der Waals surface area (Å²) >= 11 is 0. The molecule has 1 aliphatic rings. The number of hydrogen-bond donors (Lipinski definition) is 2. The zero-order valence-corrected chi connectivity index (χ0v) is 13.1. The third-order valence-electron chi connectivity index (χ3n) is 3.49. The third-order valence-corrected chi connectivity index (χ3v) is 4.89. The smallest absolute Gasteiger partial charge is 0.225 e. The first-order valence-corrected chi connectivity index (χ1v) is 8.66. The lowest BCUT2D eigenvalue weighted by atomic mass is 10.2. The fraction of sp³-hybridized carbons (Fsp3) is 0.533. The Hall–Kier alpha value is -1.40. The molecule has 116 valence electrons. The summed E-state index contributed by atoms with van der Waals surface area (Å²) in [5.74, 6) is 0.766. The summed E-state index contributed by atoms with van der Waals surface area (Å²) in [5, 5.41) is 2.82. The number of nitrogen functional groups attached to an aromatic ring is 1. The van der Waals surface area contributed by atoms with E-state index >= 15 is 0 Å². The number of nitrogens with one attached hydrogen (secondary N) is 1. The fourth-order valence-electron chi connectivity index (χ4n) is 2.26. The molecule has 0 bridgehead atoms. The molecule has 0 aromatic heterocycles. The molecule has 21 heavy (non-hydrogen) atoms. The SMILES string of the molecule is Cc1ccc(N)cc1NC(=O)CCS(=O)CC1CCCO1. The molecule has 0 aliphatic carbocycles. The number of carbonyl (C=O) groups excluding carboxylic acids is 1. The minimum atomic E-state index is -1.01. The molecule has 2 atom stereocenters. The largest absolute Gasteiger partial charge is 0.399 e. The Bertz CT molecular complexity index is 528. The van der Waals surface area contributed by atoms with Gasteiger partial charge in [-0.3, -0.25) is 9.00 Å². The molecule has 1 aromatic carbocycles. The summed E-state index contributed by atoms with van der Waals surface area (Å²) < 4.78 is 17.4. The number of aryl methyl sites for hydroxylation is 1. The van der Waals surface area contributed by atoms with E-state index in [9.17, 15) is 9.00 Å². The van der Waals surface area contributed by atoms with Gasteiger partial charge in [0, 0.05) is 46.7 Å². The number of carbonyl (C=O) groups is 1. The minimum absolute atomic E-state index is 0.102. The lowest BCUT2D eigenvalue weighted by molar-refractivity contribution is -0.115. The van der Waals surface area contributed by atoms with Crippen LogP contribution >= 0.6 is 0 Å². The minimum Gasteiger partial charge on any atom is -0.399 e. The van der Waals surface area contributed by atoms with Crippen molar-refractivity contribution in [2.75, 3.05) is 29.2 Å². The first kappa shape index (κ1) is 16.0. The van der Waals surface area contributed by atoms with Gasteiger partial charge in [-0.2, -0.15) is 0 Å². The van der Waals surface area contributed by atoms with Crippen molar-refractivity contribution in [1.82, 2.24) is 0 Å². The Morgan fingerprint density at radius 1 is 1.52 bits per heavy atom. The molecule has 0 spiro atoms. The van der Waals surface area contributed by atoms with Gasteiger partial charge in [0.2, 0.25) is 5.91 Å². The Kier molecular flexibility index (Phi) is 5.76. The first-order valence-electron chi connectivity index (χ1n) is 7.17. The van der Waals surface area contributed by atoms with Crippen molar-refractivity contribution in [2.24, 2.45) is 0 Å². The van der Waals surface area contributed by atoms with Crippen molar-refractivity contribution in [1.29, 1.82) is 0 Å². The highest BCUT2D eigenvalue weighted by Gasteiger charge is 2.18. The van der Waals surface area contributed by atoms with E-state index in [1.807, 2.05) is 13.0 Å². The number of benzene rings is 1. The summed E-state index contributed by atoms with van der Waals surface area (Å²) in [6.07, 6.45) is 2.36. The number of rotatable bonds is 6. The van der Waals surface area contributed by atoms with Crippen molar-refractivity contribution in [3.8, 4) is 0 Å². The zero-order chi connectivity index (χ0) is 15.2. The van der Waals surface area contributed by atoms with Crippen LogP contribution in [0.5, 0.6) is 0 Å². The van der Waals surface area contributed by atoms with Gasteiger partial charge in [-0.15, -0.1) is 0 Å². The molecule has 1 fully saturated rings. The Morgan fingerprint density at radius 3 is 3.05 bits per heavy atom. The van der Waals surface area contributed by atoms with E-state index in [0.717, 1.165) is 25.0 Å². The maximum Gasteiger partial charge on any atom is 0.225 e. The second-order valence-corrected chi connectivity index (χ2v) is 6.94. The second kappa shape index (κ2) is 7.56. The van der Waals surface area contributed by atoms with Gasteiger partial charge in [-0.05, 0) is 37.5 Å². The maximum atomic E-state index is 11.9. The predicted octanol–water partition coefficient (Wildman–Crippen LogP) is 1.83. The molecule has 0 saturated carbocycles. The summed E-state index contributed by atoms with van der Waals surface area (Å²) in [6, 6.07) is 5.39. The second-order valence-electron chi connectivity index (χ2n) is 5.32. The maximum absolute atomic E-state index is 11.9. The molecule has 3 N–H and O–H groups in total. The van der Waals surface area contributed by atoms with Gasteiger partial charge in [-0.25, -0.2) is 0 Å². The monoisotopic (exact) mass is 310 g/mol. The van der Waals surface area contributed by atoms with Crippen LogP contribution in [0, 0.1) is 6.92 Å². The van der Waals surface area contributed by atoms with E-state index < -0.39 is 10.8 Å². The van der Waals surface area contributed by atoms with Crippen molar-refractivity contribution >= 4 is 28.1 Å². The molecule has 2 rings (SSSR count). The molecule has 1 saturated heterocycles. The molecular weight excluding hydrogens is 288 g/mol. The van der Waals surface area contributed by atoms with E-state index in [-0.39, 0.29) is 18.4 Å². The Morgan fingerprint density at radius 2 is 2.33 bits per heavy atom. The van der Waals surface area contributed by atoms with Crippen LogP contribution in [0.15, 0.2) is 18.2 Å². The summed E-state index contributed by atoms with van der Waals surface area (Å²) in [4.78, 5) is 11.9. The van der Waals surface area contributed by atoms with Crippen molar-refractivity contribution in [3.63, 3.8) is 0 Å². The van der Waals surface area contributed by atoms with Gasteiger partial charge in [0.25, 0.3) is 0 Å². The lowest BCUT2D eigenvalue weighted by Crippen LogP contribution is -2.21. The van der Waals surface area contributed by atoms with Crippen LogP contribution in [0.25, 0.3) is 0 Å². The van der Waals surface area contributed by atoms with Gasteiger partial charge in [0.05, 0.1) is 6.10 Å². The number of ether oxygens (including phenoxy) is 1. The Labute approximate surface area is 127 Å². The zero-order valence-electron chi connectivity index (χ0n) is 12.3. The molecule has 1 aromatic rings. The number of nitrogens with two attached hydrogens (primary N) is 1. The molecule has 1 heterocycles. The van der Waals surface area contributed by atoms with Crippen molar-refractivity contribution < 1.29 is 13.7 Å². The van der Waals surface area contributed by atoms with E-state index in [0.29, 0.717) is 22.9 Å². The van der Waals surface area contributed by atoms with Crippen LogP contribution in [0.2, 0.25) is 0 Å². The highest BCUT2D eigenvalue weighted by Crippen LogP contribution is 2.18. The van der Waals surface area contributed by atoms with Gasteiger partial charge >= 0.3 is 0 Å². The summed E-state index contributed by atoms with van der Waals surface area (Å²) in [7, 11) is -1.01. The van der Waals surface area contributed by atoms with Crippen LogP contribution < -0.4 is 11.1 Å². The topological polar surface area (TPSA) is 81.4 Å². The van der Waals surface area contributed by atoms with Crippen LogP contribution in [0.3, 0.4) is 0 Å². The molecule has 0 radical (unpaired) electrons. The van der Waals surface area contributed by atoms with Crippen LogP contribution in [0.4, 0.5) is 11.4 Å². The van der Waals surface area contributed by atoms with E-state index in [4.69, 9.17) is 10.5 Å². The standard InChI is InChI=1S/C15H22N2O3S/c1-11-4-5-12(16)9-14(11)17-15(18)6-8-21(19)10-13-3-2-7-20-13/h4-5,9,13H,2-3,6-8,10,16H2,1H3,(H,17,18). The molecule has 2 unspecified atom stereocenters. The highest BCUT2D eigenvalue weighted by atomic mass is 32.2. The predicted molar refractivity (Wildman–Crippen MR) is 85.7 cm³/mol. The first-order chi connectivity index (χ1) is 10.0. The number of amides is 1. The van der Waals surface area contributed by atoms with Crippen molar-refractivity contribution in [3.05, 3.63) is 23.8 Å². The summed E-state index contributed by atoms with van der Waals surface area (Å²) in [5.41, 5.74) is 7.98. The molecule has 1 amide bonds. The average Bonchev–Trinajstić information content (AvgIpc) is 2.93. The van der Waals surface area contributed by atoms with Gasteiger partial charge in [0.15, 0.2) is 0 Å². The van der Waals surface area contributed by atoms with E-state index in [2.05, 4.69) is 5.32 Å². The van der Waals surface area contributed by atoms with E-state index in [1.165, 1.54) is 0 Å². The fourth-order valence-corrected chi connectivity index (χ4v) is 3.52. The lowest BCUT2D eigenvalue weighted by Gasteiger charge is -2.10. The molecule has 6 heteroatoms. The normalized spacial score (nSPS) is 19.4.